The topological polar surface area (TPSA) is 61.8 Å². The SMILES string of the molecule is C=C[C@H]1C[C@@]2(C(=O)OCC)CCCC(C(=O)OCC)=C2O1. The molecule has 1 aliphatic carbocycles. The molecule has 0 saturated carbocycles. The highest BCUT2D eigenvalue weighted by Gasteiger charge is 2.55. The Morgan fingerprint density at radius 1 is 1.38 bits per heavy atom. The summed E-state index contributed by atoms with van der Waals surface area (Å²) in [7, 11) is 0. The van der Waals surface area contributed by atoms with E-state index in [1.165, 1.54) is 0 Å². The third-order valence-electron chi connectivity index (χ3n) is 4.01. The number of esters is 2. The van der Waals surface area contributed by atoms with Crippen LogP contribution in [-0.4, -0.2) is 31.3 Å². The van der Waals surface area contributed by atoms with Crippen LogP contribution in [0.5, 0.6) is 0 Å². The van der Waals surface area contributed by atoms with Crippen LogP contribution in [0.3, 0.4) is 0 Å². The summed E-state index contributed by atoms with van der Waals surface area (Å²) in [5, 5.41) is 0. The molecular formula is C16H22O5. The van der Waals surface area contributed by atoms with Gasteiger partial charge < -0.3 is 14.2 Å². The van der Waals surface area contributed by atoms with Crippen molar-refractivity contribution in [1.82, 2.24) is 0 Å². The summed E-state index contributed by atoms with van der Waals surface area (Å²) in [6.07, 6.45) is 3.81. The van der Waals surface area contributed by atoms with Gasteiger partial charge in [-0.25, -0.2) is 4.79 Å². The predicted octanol–water partition coefficient (Wildman–Crippen LogP) is 2.51. The normalized spacial score (nSPS) is 27.6. The van der Waals surface area contributed by atoms with E-state index in [0.29, 0.717) is 43.8 Å². The molecule has 2 rings (SSSR count). The van der Waals surface area contributed by atoms with Gasteiger partial charge in [-0.15, -0.1) is 0 Å². The van der Waals surface area contributed by atoms with Crippen molar-refractivity contribution in [3.63, 3.8) is 0 Å². The van der Waals surface area contributed by atoms with Crippen molar-refractivity contribution < 1.29 is 23.8 Å². The fraction of sp³-hybridized carbons (Fsp3) is 0.625. The maximum absolute atomic E-state index is 12.5. The maximum atomic E-state index is 12.5. The molecule has 0 aromatic heterocycles. The fourth-order valence-electron chi connectivity index (χ4n) is 3.09. The standard InChI is InChI=1S/C16H22O5/c1-4-11-10-16(15(18)20-6-3)9-7-8-12(13(16)21-11)14(17)19-5-2/h4,11H,1,5-10H2,2-3H3/t11-,16-/m0/s1. The molecule has 1 aliphatic heterocycles. The maximum Gasteiger partial charge on any atom is 0.337 e. The van der Waals surface area contributed by atoms with Crippen LogP contribution >= 0.6 is 0 Å². The predicted molar refractivity (Wildman–Crippen MR) is 76.3 cm³/mol. The van der Waals surface area contributed by atoms with Gasteiger partial charge in [-0.2, -0.15) is 0 Å². The molecule has 1 fully saturated rings. The van der Waals surface area contributed by atoms with E-state index in [-0.39, 0.29) is 12.1 Å². The van der Waals surface area contributed by atoms with Crippen LogP contribution in [-0.2, 0) is 23.8 Å². The largest absolute Gasteiger partial charge is 0.489 e. The molecule has 116 valence electrons. The summed E-state index contributed by atoms with van der Waals surface area (Å²) < 4.78 is 16.1. The zero-order chi connectivity index (χ0) is 15.5. The van der Waals surface area contributed by atoms with Crippen molar-refractivity contribution in [1.29, 1.82) is 0 Å². The minimum atomic E-state index is -0.852. The van der Waals surface area contributed by atoms with Gasteiger partial charge in [0.1, 0.15) is 17.3 Å². The van der Waals surface area contributed by atoms with Gasteiger partial charge in [0.15, 0.2) is 0 Å². The van der Waals surface area contributed by atoms with Crippen LogP contribution in [0.4, 0.5) is 0 Å². The van der Waals surface area contributed by atoms with Gasteiger partial charge in [0.25, 0.3) is 0 Å². The molecule has 0 aromatic carbocycles. The Kier molecular flexibility index (Phi) is 4.70. The molecule has 0 spiro atoms. The molecule has 1 heterocycles. The highest BCUT2D eigenvalue weighted by Crippen LogP contribution is 2.52. The van der Waals surface area contributed by atoms with Gasteiger partial charge in [0.05, 0.1) is 18.8 Å². The molecule has 2 atom stereocenters. The third kappa shape index (κ3) is 2.69. The lowest BCUT2D eigenvalue weighted by atomic mass is 9.72. The molecule has 0 amide bonds. The lowest BCUT2D eigenvalue weighted by Crippen LogP contribution is -2.36. The van der Waals surface area contributed by atoms with E-state index in [1.807, 2.05) is 0 Å². The van der Waals surface area contributed by atoms with E-state index in [1.54, 1.807) is 19.9 Å². The van der Waals surface area contributed by atoms with Gasteiger partial charge >= 0.3 is 11.9 Å². The van der Waals surface area contributed by atoms with E-state index in [0.717, 1.165) is 6.42 Å². The van der Waals surface area contributed by atoms with Crippen molar-refractivity contribution >= 4 is 11.9 Å². The Bertz CT molecular complexity index is 479. The second kappa shape index (κ2) is 6.33. The number of rotatable bonds is 5. The second-order valence-corrected chi connectivity index (χ2v) is 5.28. The van der Waals surface area contributed by atoms with E-state index in [2.05, 4.69) is 6.58 Å². The highest BCUT2D eigenvalue weighted by molar-refractivity contribution is 5.92. The molecular weight excluding hydrogens is 272 g/mol. The van der Waals surface area contributed by atoms with Crippen LogP contribution in [0.25, 0.3) is 0 Å². The lowest BCUT2D eigenvalue weighted by molar-refractivity contribution is -0.154. The molecule has 0 radical (unpaired) electrons. The molecule has 2 aliphatic rings. The summed E-state index contributed by atoms with van der Waals surface area (Å²) in [6.45, 7) is 7.86. The second-order valence-electron chi connectivity index (χ2n) is 5.28. The summed E-state index contributed by atoms with van der Waals surface area (Å²) in [6, 6.07) is 0. The number of carbonyl (C=O) groups is 2. The molecule has 21 heavy (non-hydrogen) atoms. The average molecular weight is 294 g/mol. The lowest BCUT2D eigenvalue weighted by Gasteiger charge is -2.31. The van der Waals surface area contributed by atoms with Crippen LogP contribution in [0.15, 0.2) is 24.0 Å². The van der Waals surface area contributed by atoms with Crippen LogP contribution in [0.1, 0.15) is 39.5 Å². The summed E-state index contributed by atoms with van der Waals surface area (Å²) in [5.41, 5.74) is -0.379. The van der Waals surface area contributed by atoms with E-state index in [9.17, 15) is 9.59 Å². The number of ether oxygens (including phenoxy) is 3. The summed E-state index contributed by atoms with van der Waals surface area (Å²) in [5.74, 6) is -0.271. The van der Waals surface area contributed by atoms with Crippen LogP contribution in [0, 0.1) is 5.41 Å². The molecule has 0 unspecified atom stereocenters. The first-order valence-corrected chi connectivity index (χ1v) is 7.46. The zero-order valence-electron chi connectivity index (χ0n) is 12.6. The Morgan fingerprint density at radius 3 is 2.71 bits per heavy atom. The smallest absolute Gasteiger partial charge is 0.337 e. The van der Waals surface area contributed by atoms with Gasteiger partial charge in [0.2, 0.25) is 0 Å². The van der Waals surface area contributed by atoms with Gasteiger partial charge in [-0.3, -0.25) is 4.79 Å². The monoisotopic (exact) mass is 294 g/mol. The van der Waals surface area contributed by atoms with E-state index >= 15 is 0 Å². The minimum Gasteiger partial charge on any atom is -0.489 e. The average Bonchev–Trinajstić information content (AvgIpc) is 2.87. The first-order chi connectivity index (χ1) is 10.1. The third-order valence-corrected chi connectivity index (χ3v) is 4.01. The number of hydrogen-bond acceptors (Lipinski definition) is 5. The summed E-state index contributed by atoms with van der Waals surface area (Å²) >= 11 is 0. The molecule has 1 saturated heterocycles. The quantitative estimate of drug-likeness (QED) is 0.576. The van der Waals surface area contributed by atoms with Crippen molar-refractivity contribution in [2.75, 3.05) is 13.2 Å². The summed E-state index contributed by atoms with van der Waals surface area (Å²) in [4.78, 5) is 24.6. The number of carbonyl (C=O) groups excluding carboxylic acids is 2. The molecule has 0 aromatic rings. The fourth-order valence-corrected chi connectivity index (χ4v) is 3.09. The Morgan fingerprint density at radius 2 is 2.10 bits per heavy atom. The molecule has 0 bridgehead atoms. The minimum absolute atomic E-state index is 0.271. The van der Waals surface area contributed by atoms with Crippen molar-refractivity contribution in [3.05, 3.63) is 24.0 Å². The van der Waals surface area contributed by atoms with Crippen LogP contribution < -0.4 is 0 Å². The first kappa shape index (κ1) is 15.6. The number of fused-ring (bicyclic) bond motifs is 1. The Hall–Kier alpha value is -1.78. The van der Waals surface area contributed by atoms with Crippen molar-refractivity contribution in [2.24, 2.45) is 5.41 Å². The molecule has 5 nitrogen and oxygen atoms in total. The van der Waals surface area contributed by atoms with Gasteiger partial charge in [-0.1, -0.05) is 12.7 Å². The molecule has 0 N–H and O–H groups in total. The van der Waals surface area contributed by atoms with Crippen molar-refractivity contribution in [2.45, 2.75) is 45.6 Å². The zero-order valence-corrected chi connectivity index (χ0v) is 12.6. The van der Waals surface area contributed by atoms with Gasteiger partial charge in [-0.05, 0) is 33.1 Å². The van der Waals surface area contributed by atoms with E-state index in [4.69, 9.17) is 14.2 Å². The van der Waals surface area contributed by atoms with Gasteiger partial charge in [0, 0.05) is 6.42 Å². The van der Waals surface area contributed by atoms with Crippen molar-refractivity contribution in [3.8, 4) is 0 Å². The number of hydrogen-bond donors (Lipinski definition) is 0. The Labute approximate surface area is 124 Å². The first-order valence-electron chi connectivity index (χ1n) is 7.46. The van der Waals surface area contributed by atoms with Crippen LogP contribution in [0.2, 0.25) is 0 Å². The molecule has 5 heteroatoms. The highest BCUT2D eigenvalue weighted by atomic mass is 16.5. The van der Waals surface area contributed by atoms with E-state index < -0.39 is 11.4 Å². The Balaban J connectivity index is 2.44.